The molecule has 0 aromatic rings. The minimum atomic E-state index is 0.000417. The minimum absolute atomic E-state index is 0.000417. The molecule has 1 atom stereocenters. The van der Waals surface area contributed by atoms with E-state index in [9.17, 15) is 0 Å². The Morgan fingerprint density at radius 3 is 2.64 bits per heavy atom. The number of hydrogen-bond acceptors (Lipinski definition) is 1. The molecule has 1 N–H and O–H groups in total. The Labute approximate surface area is 69.0 Å². The van der Waals surface area contributed by atoms with E-state index in [-0.39, 0.29) is 12.0 Å². The third kappa shape index (κ3) is 2.17. The summed E-state index contributed by atoms with van der Waals surface area (Å²) in [7, 11) is 0. The van der Waals surface area contributed by atoms with E-state index in [2.05, 4.69) is 19.2 Å². The number of piperidine rings is 1. The average Bonchev–Trinajstić information content (AvgIpc) is 2.06. The molecule has 0 bridgehead atoms. The van der Waals surface area contributed by atoms with Crippen LogP contribution in [0.4, 0.5) is 0 Å². The lowest BCUT2D eigenvalue weighted by Crippen LogP contribution is -2.42. The molecule has 2 heteroatoms. The Hall–Kier alpha value is -0.0800. The first-order valence-corrected chi connectivity index (χ1v) is 4.44. The van der Waals surface area contributed by atoms with Crippen molar-refractivity contribution < 1.29 is 5.11 Å². The number of aliphatic hydroxyl groups is 1. The van der Waals surface area contributed by atoms with Gasteiger partial charge >= 0.3 is 0 Å². The minimum Gasteiger partial charge on any atom is -0.396 e. The van der Waals surface area contributed by atoms with Gasteiger partial charge in [-0.25, -0.2) is 5.32 Å². The van der Waals surface area contributed by atoms with Gasteiger partial charge in [-0.1, -0.05) is 20.3 Å². The summed E-state index contributed by atoms with van der Waals surface area (Å²) in [6, 6.07) is 0.390. The first-order valence-electron chi connectivity index (χ1n) is 4.44. The van der Waals surface area contributed by atoms with Crippen LogP contribution < -0.4 is 5.32 Å². The summed E-state index contributed by atoms with van der Waals surface area (Å²) in [5.41, 5.74) is 0.000417. The second-order valence-electron chi connectivity index (χ2n) is 4.06. The van der Waals surface area contributed by atoms with Gasteiger partial charge in [0.05, 0.1) is 0 Å². The third-order valence-electron chi connectivity index (χ3n) is 2.54. The molecule has 0 saturated carbocycles. The normalized spacial score (nSPS) is 27.0. The molecule has 1 unspecified atom stereocenters. The zero-order valence-electron chi connectivity index (χ0n) is 7.51. The van der Waals surface area contributed by atoms with Crippen LogP contribution in [0.3, 0.4) is 0 Å². The maximum absolute atomic E-state index is 9.09. The molecule has 1 aliphatic heterocycles. The van der Waals surface area contributed by atoms with Crippen LogP contribution in [0.1, 0.15) is 33.1 Å². The van der Waals surface area contributed by atoms with Crippen LogP contribution in [-0.4, -0.2) is 24.3 Å². The molecule has 0 aromatic heterocycles. The fourth-order valence-corrected chi connectivity index (χ4v) is 1.53. The van der Waals surface area contributed by atoms with Gasteiger partial charge in [-0.2, -0.15) is 0 Å². The van der Waals surface area contributed by atoms with Crippen molar-refractivity contribution in [3.05, 3.63) is 0 Å². The summed E-state index contributed by atoms with van der Waals surface area (Å²) < 4.78 is 0. The number of nitrogens with zero attached hydrogens (tertiary/aromatic N) is 1. The lowest BCUT2D eigenvalue weighted by atomic mass is 9.81. The van der Waals surface area contributed by atoms with Crippen LogP contribution in [-0.2, 0) is 0 Å². The molecule has 1 rings (SSSR count). The number of rotatable bonds is 2. The van der Waals surface area contributed by atoms with Gasteiger partial charge in [0.25, 0.3) is 0 Å². The Morgan fingerprint density at radius 1 is 1.45 bits per heavy atom. The van der Waals surface area contributed by atoms with Gasteiger partial charge in [0.1, 0.15) is 0 Å². The predicted molar refractivity (Wildman–Crippen MR) is 45.5 cm³/mol. The van der Waals surface area contributed by atoms with Crippen LogP contribution in [0.5, 0.6) is 0 Å². The van der Waals surface area contributed by atoms with Crippen molar-refractivity contribution in [3.8, 4) is 0 Å². The maximum Gasteiger partial charge on any atom is 0.0497 e. The van der Waals surface area contributed by atoms with Crippen LogP contribution >= 0.6 is 0 Å². The summed E-state index contributed by atoms with van der Waals surface area (Å²) in [5, 5.41) is 13.6. The topological polar surface area (TPSA) is 34.3 Å². The molecule has 65 valence electrons. The lowest BCUT2D eigenvalue weighted by molar-refractivity contribution is 0.0999. The van der Waals surface area contributed by atoms with Gasteiger partial charge in [0, 0.05) is 24.6 Å². The highest BCUT2D eigenvalue weighted by Crippen LogP contribution is 2.26. The molecular weight excluding hydrogens is 138 g/mol. The van der Waals surface area contributed by atoms with Gasteiger partial charge in [-0.05, 0) is 12.8 Å². The Balaban J connectivity index is 2.43. The average molecular weight is 156 g/mol. The molecule has 0 aliphatic carbocycles. The van der Waals surface area contributed by atoms with Crippen molar-refractivity contribution in [2.45, 2.75) is 39.2 Å². The van der Waals surface area contributed by atoms with Crippen molar-refractivity contribution in [2.24, 2.45) is 5.41 Å². The van der Waals surface area contributed by atoms with Crippen LogP contribution in [0, 0.1) is 5.41 Å². The predicted octanol–water partition coefficient (Wildman–Crippen LogP) is 1.16. The summed E-state index contributed by atoms with van der Waals surface area (Å²) in [6.45, 7) is 5.42. The maximum atomic E-state index is 9.09. The molecule has 1 heterocycles. The van der Waals surface area contributed by atoms with Gasteiger partial charge in [-0.3, -0.25) is 0 Å². The van der Waals surface area contributed by atoms with Crippen molar-refractivity contribution in [2.75, 3.05) is 13.2 Å². The Morgan fingerprint density at radius 2 is 2.18 bits per heavy atom. The molecule has 1 radical (unpaired) electrons. The third-order valence-corrected chi connectivity index (χ3v) is 2.54. The molecule has 1 aliphatic rings. The first-order chi connectivity index (χ1) is 5.17. The largest absolute Gasteiger partial charge is 0.396 e. The summed E-state index contributed by atoms with van der Waals surface area (Å²) >= 11 is 0. The molecule has 11 heavy (non-hydrogen) atoms. The monoisotopic (exact) mass is 156 g/mol. The van der Waals surface area contributed by atoms with Crippen molar-refractivity contribution >= 4 is 0 Å². The van der Waals surface area contributed by atoms with E-state index < -0.39 is 0 Å². The summed E-state index contributed by atoms with van der Waals surface area (Å²) in [4.78, 5) is 0. The zero-order chi connectivity index (χ0) is 8.32. The standard InChI is InChI=1S/C9H18NO/c1-9(2,7-11)8-5-3-4-6-10-8/h8,11H,3-7H2,1-2H3. The van der Waals surface area contributed by atoms with E-state index in [4.69, 9.17) is 5.11 Å². The molecule has 0 amide bonds. The first kappa shape index (κ1) is 9.01. The quantitative estimate of drug-likeness (QED) is 0.639. The summed E-state index contributed by atoms with van der Waals surface area (Å²) in [5.74, 6) is 0. The summed E-state index contributed by atoms with van der Waals surface area (Å²) in [6.07, 6.45) is 3.67. The number of hydrogen-bond donors (Lipinski definition) is 1. The van der Waals surface area contributed by atoms with E-state index in [0.717, 1.165) is 13.0 Å². The highest BCUT2D eigenvalue weighted by molar-refractivity contribution is 4.85. The zero-order valence-corrected chi connectivity index (χ0v) is 7.51. The fraction of sp³-hybridized carbons (Fsp3) is 1.00. The SMILES string of the molecule is CC(C)(CO)C1CCCC[N]1. The van der Waals surface area contributed by atoms with Crippen molar-refractivity contribution in [1.82, 2.24) is 5.32 Å². The van der Waals surface area contributed by atoms with E-state index in [1.807, 2.05) is 0 Å². The van der Waals surface area contributed by atoms with Crippen LogP contribution in [0.25, 0.3) is 0 Å². The van der Waals surface area contributed by atoms with Crippen LogP contribution in [0.2, 0.25) is 0 Å². The second-order valence-corrected chi connectivity index (χ2v) is 4.06. The number of aliphatic hydroxyl groups excluding tert-OH is 1. The van der Waals surface area contributed by atoms with Gasteiger partial charge in [0.15, 0.2) is 0 Å². The van der Waals surface area contributed by atoms with E-state index in [0.29, 0.717) is 6.04 Å². The smallest absolute Gasteiger partial charge is 0.0497 e. The van der Waals surface area contributed by atoms with Crippen molar-refractivity contribution in [3.63, 3.8) is 0 Å². The molecule has 2 nitrogen and oxygen atoms in total. The molecule has 1 saturated heterocycles. The highest BCUT2D eigenvalue weighted by atomic mass is 16.3. The van der Waals surface area contributed by atoms with Crippen molar-refractivity contribution in [1.29, 1.82) is 0 Å². The molecule has 1 fully saturated rings. The van der Waals surface area contributed by atoms with E-state index in [1.165, 1.54) is 12.8 Å². The molecule has 0 spiro atoms. The fourth-order valence-electron chi connectivity index (χ4n) is 1.53. The van der Waals surface area contributed by atoms with Crippen LogP contribution in [0.15, 0.2) is 0 Å². The lowest BCUT2D eigenvalue weighted by Gasteiger charge is -2.34. The Kier molecular flexibility index (Phi) is 2.90. The van der Waals surface area contributed by atoms with Gasteiger partial charge in [0.2, 0.25) is 0 Å². The van der Waals surface area contributed by atoms with Gasteiger partial charge < -0.3 is 5.11 Å². The van der Waals surface area contributed by atoms with E-state index >= 15 is 0 Å². The van der Waals surface area contributed by atoms with E-state index in [1.54, 1.807) is 0 Å². The second kappa shape index (κ2) is 3.55. The molecular formula is C9H18NO. The molecule has 0 aromatic carbocycles. The van der Waals surface area contributed by atoms with Gasteiger partial charge in [-0.15, -0.1) is 0 Å². The Bertz CT molecular complexity index is 117. The highest BCUT2D eigenvalue weighted by Gasteiger charge is 2.30.